The Balaban J connectivity index is 0.000000379. The number of hydrogen-bond acceptors (Lipinski definition) is 4. The van der Waals surface area contributed by atoms with Gasteiger partial charge in [0.2, 0.25) is 4.92 Å². The van der Waals surface area contributed by atoms with Crippen LogP contribution in [0.1, 0.15) is 11.1 Å². The molecule has 0 radical (unpaired) electrons. The summed E-state index contributed by atoms with van der Waals surface area (Å²) < 4.78 is 0. The number of carboxylic acid groups (broad SMARTS) is 2. The summed E-state index contributed by atoms with van der Waals surface area (Å²) in [5.41, 5.74) is 1.93. The largest absolute Gasteiger partial charge is 0.473 e. The van der Waals surface area contributed by atoms with Crippen molar-refractivity contribution in [1.82, 2.24) is 0 Å². The summed E-state index contributed by atoms with van der Waals surface area (Å²) in [5.74, 6) is -3.65. The third-order valence-electron chi connectivity index (χ3n) is 2.56. The Hall–Kier alpha value is -3.22. The van der Waals surface area contributed by atoms with Gasteiger partial charge in [-0.2, -0.15) is 0 Å². The van der Waals surface area contributed by atoms with Crippen LogP contribution in [0.2, 0.25) is 0 Å². The Kier molecular flexibility index (Phi) is 7.50. The fourth-order valence-corrected chi connectivity index (χ4v) is 1.50. The van der Waals surface area contributed by atoms with Gasteiger partial charge in [-0.05, 0) is 5.56 Å². The topological polar surface area (TPSA) is 104 Å². The predicted molar refractivity (Wildman–Crippen MR) is 80.3 cm³/mol. The van der Waals surface area contributed by atoms with Gasteiger partial charge in [-0.15, -0.1) is 0 Å². The molecule has 23 heavy (non-hydrogen) atoms. The van der Waals surface area contributed by atoms with E-state index in [1.54, 1.807) is 0 Å². The molecule has 0 amide bonds. The van der Waals surface area contributed by atoms with E-state index in [0.717, 1.165) is 11.1 Å². The highest BCUT2D eigenvalue weighted by Gasteiger charge is 2.11. The van der Waals surface area contributed by atoms with Crippen LogP contribution in [0.4, 0.5) is 0 Å². The van der Waals surface area contributed by atoms with Gasteiger partial charge in [-0.1, -0.05) is 60.7 Å². The first-order valence-electron chi connectivity index (χ1n) is 6.60. The smallest absolute Gasteiger partial charge is 0.414 e. The third kappa shape index (κ3) is 7.96. The van der Waals surface area contributed by atoms with E-state index >= 15 is 0 Å². The van der Waals surface area contributed by atoms with E-state index in [0.29, 0.717) is 11.5 Å². The average Bonchev–Trinajstić information content (AvgIpc) is 2.55. The monoisotopic (exact) mass is 318 g/mol. The van der Waals surface area contributed by atoms with E-state index in [9.17, 15) is 4.91 Å². The molecule has 2 aromatic carbocycles. The lowest BCUT2D eigenvalue weighted by molar-refractivity contribution is -0.819. The van der Waals surface area contributed by atoms with Crippen molar-refractivity contribution in [3.05, 3.63) is 76.7 Å². The van der Waals surface area contributed by atoms with Crippen LogP contribution in [0.3, 0.4) is 0 Å². The molecule has 2 rings (SSSR count). The second-order valence-corrected chi connectivity index (χ2v) is 4.35. The van der Waals surface area contributed by atoms with Crippen LogP contribution in [0.25, 0.3) is 0 Å². The van der Waals surface area contributed by atoms with Crippen molar-refractivity contribution in [2.24, 2.45) is 0 Å². The lowest BCUT2D eigenvalue weighted by Crippen LogP contribution is -2.09. The van der Waals surface area contributed by atoms with Gasteiger partial charge in [0.1, 0.15) is 0 Å². The van der Waals surface area contributed by atoms with E-state index < -0.39 is 11.9 Å². The molecule has 2 aromatic rings. The number of aliphatic carboxylic acids is 2. The van der Waals surface area contributed by atoms with Crippen LogP contribution in [-0.4, -0.2) is 27.1 Å². The van der Waals surface area contributed by atoms with Gasteiger partial charge in [0.25, 0.3) is 6.54 Å². The van der Waals surface area contributed by atoms with Crippen LogP contribution < -0.4 is 0 Å². The first-order chi connectivity index (χ1) is 11.0. The Labute approximate surface area is 132 Å². The molecule has 120 valence electrons. The SMILES string of the molecule is O=C(O)C(=O)O.O=[N+](Cc1ccccc1)OCc1ccccc1. The van der Waals surface area contributed by atoms with Crippen molar-refractivity contribution in [2.75, 3.05) is 0 Å². The summed E-state index contributed by atoms with van der Waals surface area (Å²) in [5, 5.41) is 14.8. The molecule has 0 bridgehead atoms. The van der Waals surface area contributed by atoms with Crippen molar-refractivity contribution >= 4 is 11.9 Å². The fraction of sp³-hybridized carbons (Fsp3) is 0.125. The summed E-state index contributed by atoms with van der Waals surface area (Å²) in [4.78, 5) is 35.4. The highest BCUT2D eigenvalue weighted by Crippen LogP contribution is 2.04. The Morgan fingerprint density at radius 3 is 1.70 bits per heavy atom. The lowest BCUT2D eigenvalue weighted by atomic mass is 10.2. The Morgan fingerprint density at radius 2 is 1.26 bits per heavy atom. The molecule has 0 aliphatic carbocycles. The maximum atomic E-state index is 11.5. The Bertz CT molecular complexity index is 630. The standard InChI is InChI=1S/C14H14NO2.C2H2O4/c16-15(11-13-7-3-1-4-8-13)17-12-14-9-5-2-6-10-14;3-1(4)2(5)6/h1-10H,11-12H2;(H,3,4)(H,5,6)/q+1;. The van der Waals surface area contributed by atoms with Gasteiger partial charge in [0, 0.05) is 5.56 Å². The average molecular weight is 318 g/mol. The first kappa shape index (κ1) is 17.8. The van der Waals surface area contributed by atoms with Crippen LogP contribution in [-0.2, 0) is 27.6 Å². The first-order valence-corrected chi connectivity index (χ1v) is 6.60. The summed E-state index contributed by atoms with van der Waals surface area (Å²) in [6, 6.07) is 19.2. The van der Waals surface area contributed by atoms with E-state index in [1.165, 1.54) is 0 Å². The number of carboxylic acids is 2. The molecule has 0 aromatic heterocycles. The molecule has 0 fully saturated rings. The molecule has 0 heterocycles. The molecule has 0 saturated heterocycles. The van der Waals surface area contributed by atoms with E-state index in [4.69, 9.17) is 24.6 Å². The van der Waals surface area contributed by atoms with Crippen LogP contribution in [0.5, 0.6) is 0 Å². The van der Waals surface area contributed by atoms with Crippen molar-refractivity contribution in [2.45, 2.75) is 13.2 Å². The maximum absolute atomic E-state index is 11.5. The van der Waals surface area contributed by atoms with Gasteiger partial charge in [0.15, 0.2) is 6.61 Å². The summed E-state index contributed by atoms with van der Waals surface area (Å²) >= 11 is 0. The van der Waals surface area contributed by atoms with Gasteiger partial charge >= 0.3 is 11.9 Å². The minimum absolute atomic E-state index is 0.244. The zero-order chi connectivity index (χ0) is 17.1. The number of rotatable bonds is 5. The fourth-order valence-electron chi connectivity index (χ4n) is 1.50. The molecule has 0 unspecified atom stereocenters. The highest BCUT2D eigenvalue weighted by atomic mass is 16.8. The van der Waals surface area contributed by atoms with Gasteiger partial charge in [0.05, 0.1) is 4.91 Å². The molecule has 0 aliphatic rings. The quantitative estimate of drug-likeness (QED) is 0.647. The molecule has 0 saturated carbocycles. The molecule has 7 nitrogen and oxygen atoms in total. The van der Waals surface area contributed by atoms with Crippen LogP contribution in [0, 0.1) is 4.91 Å². The van der Waals surface area contributed by atoms with E-state index in [2.05, 4.69) is 0 Å². The zero-order valence-corrected chi connectivity index (χ0v) is 12.2. The molecule has 0 aliphatic heterocycles. The number of hydrogen-bond donors (Lipinski definition) is 2. The molecular formula is C16H16NO6+. The molecule has 2 N–H and O–H groups in total. The summed E-state index contributed by atoms with van der Waals surface area (Å²) in [6.45, 7) is 0.546. The highest BCUT2D eigenvalue weighted by molar-refractivity contribution is 6.27. The normalized spacial score (nSPS) is 9.22. The molecular weight excluding hydrogens is 302 g/mol. The predicted octanol–water partition coefficient (Wildman–Crippen LogP) is 2.25. The summed E-state index contributed by atoms with van der Waals surface area (Å²) in [7, 11) is 0. The van der Waals surface area contributed by atoms with Crippen molar-refractivity contribution in [1.29, 1.82) is 0 Å². The maximum Gasteiger partial charge on any atom is 0.414 e. The van der Waals surface area contributed by atoms with Crippen molar-refractivity contribution in [3.63, 3.8) is 0 Å². The molecule has 0 spiro atoms. The Morgan fingerprint density at radius 1 is 0.826 bits per heavy atom. The molecule has 7 heteroatoms. The van der Waals surface area contributed by atoms with Crippen molar-refractivity contribution < 1.29 is 29.6 Å². The second kappa shape index (κ2) is 9.67. The van der Waals surface area contributed by atoms with Crippen LogP contribution >= 0.6 is 0 Å². The zero-order valence-electron chi connectivity index (χ0n) is 12.2. The van der Waals surface area contributed by atoms with Gasteiger partial charge < -0.3 is 10.2 Å². The van der Waals surface area contributed by atoms with E-state index in [1.807, 2.05) is 60.7 Å². The van der Waals surface area contributed by atoms with E-state index in [-0.39, 0.29) is 6.54 Å². The molecule has 0 atom stereocenters. The minimum atomic E-state index is -1.82. The number of nitrogens with zero attached hydrogens (tertiary/aromatic N) is 1. The van der Waals surface area contributed by atoms with Crippen LogP contribution in [0.15, 0.2) is 60.7 Å². The number of carbonyl (C=O) groups is 2. The van der Waals surface area contributed by atoms with Crippen molar-refractivity contribution in [3.8, 4) is 0 Å². The van der Waals surface area contributed by atoms with Gasteiger partial charge in [-0.3, -0.25) is 0 Å². The third-order valence-corrected chi connectivity index (χ3v) is 2.56. The summed E-state index contributed by atoms with van der Waals surface area (Å²) in [6.07, 6.45) is 0. The minimum Gasteiger partial charge on any atom is -0.473 e. The van der Waals surface area contributed by atoms with Gasteiger partial charge in [-0.25, -0.2) is 14.4 Å². The number of benzene rings is 2. The second-order valence-electron chi connectivity index (χ2n) is 4.35. The lowest BCUT2D eigenvalue weighted by Gasteiger charge is -1.97.